The highest BCUT2D eigenvalue weighted by atomic mass is 16.6. The molecule has 0 aliphatic heterocycles. The van der Waals surface area contributed by atoms with Crippen LogP contribution in [0.2, 0.25) is 0 Å². The van der Waals surface area contributed by atoms with Crippen LogP contribution in [0.4, 0.5) is 0 Å². The molecule has 32 heavy (non-hydrogen) atoms. The zero-order valence-electron chi connectivity index (χ0n) is 19.7. The summed E-state index contributed by atoms with van der Waals surface area (Å²) in [6.07, 6.45) is 10.2. The van der Waals surface area contributed by atoms with Crippen molar-refractivity contribution in [3.8, 4) is 11.5 Å². The second kappa shape index (κ2) is 12.3. The van der Waals surface area contributed by atoms with Crippen molar-refractivity contribution in [2.75, 3.05) is 13.7 Å². The summed E-state index contributed by atoms with van der Waals surface area (Å²) in [4.78, 5) is 4.72. The van der Waals surface area contributed by atoms with E-state index in [9.17, 15) is 0 Å². The van der Waals surface area contributed by atoms with Crippen molar-refractivity contribution < 1.29 is 19.0 Å². The highest BCUT2D eigenvalue weighted by Gasteiger charge is 2.25. The second-order valence-corrected chi connectivity index (χ2v) is 8.26. The highest BCUT2D eigenvalue weighted by molar-refractivity contribution is 5.79. The van der Waals surface area contributed by atoms with Crippen molar-refractivity contribution in [2.45, 2.75) is 65.3 Å². The number of nitrogens with zero attached hydrogens (tertiary/aromatic N) is 1. The number of aryl methyl sites for hydroxylation is 2. The predicted octanol–water partition coefficient (Wildman–Crippen LogP) is 6.15. The van der Waals surface area contributed by atoms with E-state index in [-0.39, 0.29) is 12.2 Å². The van der Waals surface area contributed by atoms with Gasteiger partial charge in [-0.3, -0.25) is 0 Å². The topological polar surface area (TPSA) is 49.3 Å². The van der Waals surface area contributed by atoms with E-state index >= 15 is 0 Å². The maximum absolute atomic E-state index is 6.46. The van der Waals surface area contributed by atoms with E-state index in [4.69, 9.17) is 19.0 Å². The molecule has 2 unspecified atom stereocenters. The minimum atomic E-state index is 0.175. The molecular formula is C27H35NO4. The molecule has 0 radical (unpaired) electrons. The molecule has 1 fully saturated rings. The Bertz CT molecular complexity index is 881. The zero-order chi connectivity index (χ0) is 22.8. The van der Waals surface area contributed by atoms with Crippen LogP contribution in [0.5, 0.6) is 11.5 Å². The van der Waals surface area contributed by atoms with Gasteiger partial charge in [-0.1, -0.05) is 41.6 Å². The molecule has 0 aromatic heterocycles. The van der Waals surface area contributed by atoms with Gasteiger partial charge >= 0.3 is 0 Å². The van der Waals surface area contributed by atoms with Gasteiger partial charge in [-0.05, 0) is 74.4 Å². The average molecular weight is 438 g/mol. The Labute approximate surface area is 192 Å². The zero-order valence-corrected chi connectivity index (χ0v) is 19.7. The summed E-state index contributed by atoms with van der Waals surface area (Å²) in [5.74, 6) is 1.86. The number of oxime groups is 1. The summed E-state index contributed by atoms with van der Waals surface area (Å²) in [7, 11) is 1.54. The molecule has 5 nitrogen and oxygen atoms in total. The first-order chi connectivity index (χ1) is 15.6. The Kier molecular flexibility index (Phi) is 9.17. The van der Waals surface area contributed by atoms with Crippen LogP contribution in [0.15, 0.2) is 53.7 Å². The Morgan fingerprint density at radius 1 is 1.03 bits per heavy atom. The van der Waals surface area contributed by atoms with Crippen LogP contribution < -0.4 is 9.47 Å². The van der Waals surface area contributed by atoms with Crippen molar-refractivity contribution in [1.29, 1.82) is 0 Å². The number of hydrogen-bond donors (Lipinski definition) is 0. The Morgan fingerprint density at radius 2 is 1.75 bits per heavy atom. The molecule has 2 aromatic rings. The van der Waals surface area contributed by atoms with Crippen LogP contribution in [0.3, 0.4) is 0 Å². The molecule has 2 atom stereocenters. The molecule has 172 valence electrons. The molecule has 0 heterocycles. The summed E-state index contributed by atoms with van der Waals surface area (Å²) in [6.45, 7) is 7.36. The molecule has 5 heteroatoms. The average Bonchev–Trinajstić information content (AvgIpc) is 2.80. The Morgan fingerprint density at radius 3 is 2.44 bits per heavy atom. The number of benzene rings is 2. The lowest BCUT2D eigenvalue weighted by Gasteiger charge is -2.30. The molecule has 3 rings (SSSR count). The summed E-state index contributed by atoms with van der Waals surface area (Å²) in [5.41, 5.74) is 4.38. The highest BCUT2D eigenvalue weighted by Crippen LogP contribution is 2.32. The Balaban J connectivity index is 1.53. The van der Waals surface area contributed by atoms with Gasteiger partial charge in [0, 0.05) is 6.42 Å². The van der Waals surface area contributed by atoms with Crippen molar-refractivity contribution in [3.63, 3.8) is 0 Å². The van der Waals surface area contributed by atoms with Gasteiger partial charge in [-0.25, -0.2) is 0 Å². The molecule has 0 saturated heterocycles. The smallest absolute Gasteiger partial charge is 0.125 e. The molecule has 2 aromatic carbocycles. The standard InChI is InChI=1S/C27H35NO4/c1-5-6-14-30-26-15-20(2)27(21(3)16-26)32-25-9-7-8-24(17-25)31-19-23-12-10-22(11-13-23)18-28-29-4/h5-6,10-13,15-16,18,24-25H,7-9,14,17,19H2,1-4H3/b6-5+,28-18+. The van der Waals surface area contributed by atoms with Gasteiger partial charge in [0.2, 0.25) is 0 Å². The lowest BCUT2D eigenvalue weighted by atomic mass is 9.94. The normalized spacial score (nSPS) is 18.9. The summed E-state index contributed by atoms with van der Waals surface area (Å²) in [6, 6.07) is 12.3. The monoisotopic (exact) mass is 437 g/mol. The summed E-state index contributed by atoms with van der Waals surface area (Å²) >= 11 is 0. The molecule has 1 aliphatic carbocycles. The van der Waals surface area contributed by atoms with E-state index in [0.717, 1.165) is 59.4 Å². The molecule has 0 N–H and O–H groups in total. The third kappa shape index (κ3) is 7.13. The minimum Gasteiger partial charge on any atom is -0.490 e. The van der Waals surface area contributed by atoms with Crippen LogP contribution in [-0.2, 0) is 16.2 Å². The fourth-order valence-corrected chi connectivity index (χ4v) is 3.98. The number of hydrogen-bond acceptors (Lipinski definition) is 5. The number of allylic oxidation sites excluding steroid dienone is 1. The fourth-order valence-electron chi connectivity index (χ4n) is 3.98. The molecular weight excluding hydrogens is 402 g/mol. The maximum atomic E-state index is 6.46. The predicted molar refractivity (Wildman–Crippen MR) is 129 cm³/mol. The maximum Gasteiger partial charge on any atom is 0.125 e. The molecule has 0 amide bonds. The first kappa shape index (κ1) is 23.9. The van der Waals surface area contributed by atoms with E-state index in [1.54, 1.807) is 13.3 Å². The molecule has 1 aliphatic rings. The summed E-state index contributed by atoms with van der Waals surface area (Å²) < 4.78 is 18.5. The Hall–Kier alpha value is -2.79. The van der Waals surface area contributed by atoms with Crippen molar-refractivity contribution in [1.82, 2.24) is 0 Å². The van der Waals surface area contributed by atoms with E-state index < -0.39 is 0 Å². The van der Waals surface area contributed by atoms with Gasteiger partial charge in [0.25, 0.3) is 0 Å². The van der Waals surface area contributed by atoms with Crippen LogP contribution in [0.25, 0.3) is 0 Å². The van der Waals surface area contributed by atoms with E-state index in [1.165, 1.54) is 0 Å². The van der Waals surface area contributed by atoms with Crippen LogP contribution in [-0.4, -0.2) is 32.1 Å². The summed E-state index contributed by atoms with van der Waals surface area (Å²) in [5, 5.41) is 3.79. The van der Waals surface area contributed by atoms with Gasteiger partial charge in [0.15, 0.2) is 0 Å². The van der Waals surface area contributed by atoms with Gasteiger partial charge in [-0.2, -0.15) is 0 Å². The minimum absolute atomic E-state index is 0.175. The fraction of sp³-hybridized carbons (Fsp3) is 0.444. The van der Waals surface area contributed by atoms with Crippen molar-refractivity contribution in [2.24, 2.45) is 5.16 Å². The molecule has 1 saturated carbocycles. The van der Waals surface area contributed by atoms with Gasteiger partial charge in [-0.15, -0.1) is 0 Å². The first-order valence-electron chi connectivity index (χ1n) is 11.4. The van der Waals surface area contributed by atoms with E-state index in [0.29, 0.717) is 13.2 Å². The molecule has 0 bridgehead atoms. The third-order valence-corrected chi connectivity index (χ3v) is 5.65. The van der Waals surface area contributed by atoms with Gasteiger partial charge < -0.3 is 19.0 Å². The number of rotatable bonds is 10. The quantitative estimate of drug-likeness (QED) is 0.254. The number of ether oxygens (including phenoxy) is 3. The van der Waals surface area contributed by atoms with E-state index in [2.05, 4.69) is 43.3 Å². The van der Waals surface area contributed by atoms with Crippen molar-refractivity contribution in [3.05, 3.63) is 70.8 Å². The van der Waals surface area contributed by atoms with Gasteiger partial charge in [0.05, 0.1) is 18.9 Å². The van der Waals surface area contributed by atoms with Crippen molar-refractivity contribution >= 4 is 6.21 Å². The van der Waals surface area contributed by atoms with Crippen LogP contribution in [0.1, 0.15) is 54.9 Å². The van der Waals surface area contributed by atoms with Crippen LogP contribution in [0, 0.1) is 13.8 Å². The lowest BCUT2D eigenvalue weighted by molar-refractivity contribution is -0.0165. The molecule has 0 spiro atoms. The lowest BCUT2D eigenvalue weighted by Crippen LogP contribution is -2.30. The largest absolute Gasteiger partial charge is 0.490 e. The third-order valence-electron chi connectivity index (χ3n) is 5.65. The first-order valence-corrected chi connectivity index (χ1v) is 11.4. The van der Waals surface area contributed by atoms with Gasteiger partial charge in [0.1, 0.15) is 31.3 Å². The van der Waals surface area contributed by atoms with Crippen LogP contribution >= 0.6 is 0 Å². The second-order valence-electron chi connectivity index (χ2n) is 8.26. The SMILES string of the molecule is C/C=C/COc1cc(C)c(OC2CCCC(OCc3ccc(/C=N/OC)cc3)C2)c(C)c1. The van der Waals surface area contributed by atoms with E-state index in [1.807, 2.05) is 31.2 Å².